The summed E-state index contributed by atoms with van der Waals surface area (Å²) in [4.78, 5) is 14.5. The second-order valence-electron chi connectivity index (χ2n) is 4.88. The largest absolute Gasteiger partial charge is 0.353 e. The van der Waals surface area contributed by atoms with E-state index in [4.69, 9.17) is 16.1 Å². The van der Waals surface area contributed by atoms with Crippen LogP contribution in [0.15, 0.2) is 16.7 Å². The van der Waals surface area contributed by atoms with Crippen LogP contribution in [0.3, 0.4) is 0 Å². The van der Waals surface area contributed by atoms with Crippen molar-refractivity contribution in [1.29, 1.82) is 0 Å². The van der Waals surface area contributed by atoms with Gasteiger partial charge in [0.25, 0.3) is 0 Å². The Bertz CT molecular complexity index is 587. The molecule has 0 saturated heterocycles. The van der Waals surface area contributed by atoms with Crippen molar-refractivity contribution in [2.45, 2.75) is 39.7 Å². The van der Waals surface area contributed by atoms with Crippen LogP contribution in [0.2, 0.25) is 5.22 Å². The van der Waals surface area contributed by atoms with E-state index in [2.05, 4.69) is 29.5 Å². The first-order valence-corrected chi connectivity index (χ1v) is 7.60. The number of carbonyl (C=O) groups excluding carboxylic acids is 1. The average Bonchev–Trinajstić information content (AvgIpc) is 2.89. The van der Waals surface area contributed by atoms with Crippen molar-refractivity contribution >= 4 is 28.8 Å². The maximum Gasteiger partial charge on any atom is 0.229 e. The lowest BCUT2D eigenvalue weighted by Crippen LogP contribution is -2.35. The Morgan fingerprint density at radius 2 is 2.25 bits per heavy atom. The first-order valence-electron chi connectivity index (χ1n) is 6.41. The van der Waals surface area contributed by atoms with Crippen molar-refractivity contribution < 1.29 is 9.32 Å². The van der Waals surface area contributed by atoms with Gasteiger partial charge in [0.1, 0.15) is 0 Å². The highest BCUT2D eigenvalue weighted by Gasteiger charge is 2.16. The van der Waals surface area contributed by atoms with Crippen molar-refractivity contribution in [2.24, 2.45) is 0 Å². The van der Waals surface area contributed by atoms with Gasteiger partial charge in [0.05, 0.1) is 12.1 Å². The molecule has 108 valence electrons. The normalized spacial score (nSPS) is 12.4. The van der Waals surface area contributed by atoms with Crippen LogP contribution in [0.1, 0.15) is 27.9 Å². The van der Waals surface area contributed by atoms with Gasteiger partial charge in [-0.25, -0.2) is 0 Å². The van der Waals surface area contributed by atoms with Gasteiger partial charge in [0.15, 0.2) is 0 Å². The van der Waals surface area contributed by atoms with Crippen molar-refractivity contribution in [1.82, 2.24) is 10.5 Å². The molecule has 2 rings (SSSR count). The second-order valence-corrected chi connectivity index (χ2v) is 6.60. The summed E-state index contributed by atoms with van der Waals surface area (Å²) in [5.74, 6) is -0.0704. The van der Waals surface area contributed by atoms with Crippen LogP contribution >= 0.6 is 22.9 Å². The van der Waals surface area contributed by atoms with Crippen LogP contribution in [0, 0.1) is 13.8 Å². The Morgan fingerprint density at radius 3 is 2.80 bits per heavy atom. The second kappa shape index (κ2) is 6.41. The molecule has 2 aromatic heterocycles. The van der Waals surface area contributed by atoms with Crippen molar-refractivity contribution in [3.63, 3.8) is 0 Å². The zero-order valence-electron chi connectivity index (χ0n) is 11.7. The van der Waals surface area contributed by atoms with E-state index in [0.717, 1.165) is 6.42 Å². The van der Waals surface area contributed by atoms with E-state index in [1.54, 1.807) is 18.3 Å². The number of nitrogens with zero attached hydrogens (tertiary/aromatic N) is 1. The summed E-state index contributed by atoms with van der Waals surface area (Å²) in [6.07, 6.45) is 1.03. The molecule has 0 radical (unpaired) electrons. The minimum atomic E-state index is -0.0704. The predicted octanol–water partition coefficient (Wildman–Crippen LogP) is 3.30. The van der Waals surface area contributed by atoms with Crippen molar-refractivity contribution in [3.8, 4) is 0 Å². The van der Waals surface area contributed by atoms with Gasteiger partial charge in [-0.1, -0.05) is 5.16 Å². The summed E-state index contributed by atoms with van der Waals surface area (Å²) >= 11 is 7.61. The number of thiophene rings is 1. The van der Waals surface area contributed by atoms with E-state index >= 15 is 0 Å². The third-order valence-corrected chi connectivity index (χ3v) is 4.30. The highest BCUT2D eigenvalue weighted by Crippen LogP contribution is 2.20. The fourth-order valence-electron chi connectivity index (χ4n) is 1.99. The molecule has 0 spiro atoms. The lowest BCUT2D eigenvalue weighted by atomic mass is 10.1. The van der Waals surface area contributed by atoms with Gasteiger partial charge >= 0.3 is 0 Å². The standard InChI is InChI=1S/C14H17ClN2O2S/c1-8(6-11-5-4-9(2)20-11)16-13(18)7-12-10(3)17-19-14(12)15/h4-5,8H,6-7H2,1-3H3,(H,16,18). The fourth-order valence-corrected chi connectivity index (χ4v) is 3.25. The molecule has 1 unspecified atom stereocenters. The van der Waals surface area contributed by atoms with Gasteiger partial charge in [-0.15, -0.1) is 11.3 Å². The molecule has 0 fully saturated rings. The summed E-state index contributed by atoms with van der Waals surface area (Å²) in [6.45, 7) is 5.85. The molecule has 1 atom stereocenters. The summed E-state index contributed by atoms with van der Waals surface area (Å²) in [6, 6.07) is 4.28. The third-order valence-electron chi connectivity index (χ3n) is 2.98. The van der Waals surface area contributed by atoms with E-state index in [1.165, 1.54) is 9.75 Å². The Kier molecular flexibility index (Phi) is 4.83. The number of carbonyl (C=O) groups is 1. The quantitative estimate of drug-likeness (QED) is 0.921. The van der Waals surface area contributed by atoms with E-state index in [1.807, 2.05) is 6.92 Å². The number of hydrogen-bond acceptors (Lipinski definition) is 4. The molecule has 0 aliphatic rings. The zero-order valence-corrected chi connectivity index (χ0v) is 13.3. The number of nitrogens with one attached hydrogen (secondary N) is 1. The Labute approximate surface area is 127 Å². The topological polar surface area (TPSA) is 55.1 Å². The van der Waals surface area contributed by atoms with Gasteiger partial charge in [-0.3, -0.25) is 4.79 Å². The van der Waals surface area contributed by atoms with Gasteiger partial charge < -0.3 is 9.84 Å². The molecular weight excluding hydrogens is 296 g/mol. The summed E-state index contributed by atoms with van der Waals surface area (Å²) in [7, 11) is 0. The molecule has 0 bridgehead atoms. The number of hydrogen-bond donors (Lipinski definition) is 1. The molecule has 1 amide bonds. The van der Waals surface area contributed by atoms with Gasteiger partial charge in [-0.05, 0) is 44.5 Å². The third kappa shape index (κ3) is 3.84. The van der Waals surface area contributed by atoms with Gasteiger partial charge in [0, 0.05) is 27.8 Å². The average molecular weight is 313 g/mol. The number of rotatable bonds is 5. The lowest BCUT2D eigenvalue weighted by molar-refractivity contribution is -0.121. The van der Waals surface area contributed by atoms with Crippen LogP contribution in [-0.2, 0) is 17.6 Å². The van der Waals surface area contributed by atoms with E-state index in [9.17, 15) is 4.79 Å². The molecule has 0 aliphatic carbocycles. The van der Waals surface area contributed by atoms with Gasteiger partial charge in [-0.2, -0.15) is 0 Å². The summed E-state index contributed by atoms with van der Waals surface area (Å²) in [5, 5.41) is 6.90. The van der Waals surface area contributed by atoms with Crippen molar-refractivity contribution in [3.05, 3.63) is 38.4 Å². The maximum absolute atomic E-state index is 12.0. The zero-order chi connectivity index (χ0) is 14.7. The SMILES string of the molecule is Cc1ccc(CC(C)NC(=O)Cc2c(C)noc2Cl)s1. The number of aryl methyl sites for hydroxylation is 2. The number of halogens is 1. The van der Waals surface area contributed by atoms with E-state index < -0.39 is 0 Å². The Hall–Kier alpha value is -1.33. The van der Waals surface area contributed by atoms with Crippen molar-refractivity contribution in [2.75, 3.05) is 0 Å². The maximum atomic E-state index is 12.0. The Morgan fingerprint density at radius 1 is 1.50 bits per heavy atom. The first-order chi connectivity index (χ1) is 9.45. The fraction of sp³-hybridized carbons (Fsp3) is 0.429. The van der Waals surface area contributed by atoms with Crippen LogP contribution < -0.4 is 5.32 Å². The highest BCUT2D eigenvalue weighted by molar-refractivity contribution is 7.11. The van der Waals surface area contributed by atoms with Crippen LogP contribution in [0.5, 0.6) is 0 Å². The first kappa shape index (κ1) is 15.1. The Balaban J connectivity index is 1.88. The summed E-state index contributed by atoms with van der Waals surface area (Å²) in [5.41, 5.74) is 1.31. The minimum absolute atomic E-state index is 0.0704. The number of aromatic nitrogens is 1. The molecule has 4 nitrogen and oxygen atoms in total. The summed E-state index contributed by atoms with van der Waals surface area (Å²) < 4.78 is 4.84. The molecule has 2 heterocycles. The molecule has 2 aromatic rings. The molecule has 1 N–H and O–H groups in total. The highest BCUT2D eigenvalue weighted by atomic mass is 35.5. The van der Waals surface area contributed by atoms with Crippen LogP contribution in [-0.4, -0.2) is 17.1 Å². The lowest BCUT2D eigenvalue weighted by Gasteiger charge is -2.12. The predicted molar refractivity (Wildman–Crippen MR) is 80.3 cm³/mol. The van der Waals surface area contributed by atoms with Crippen LogP contribution in [0.25, 0.3) is 0 Å². The number of amides is 1. The molecule has 0 aliphatic heterocycles. The molecule has 20 heavy (non-hydrogen) atoms. The molecule has 0 aromatic carbocycles. The van der Waals surface area contributed by atoms with Gasteiger partial charge in [0.2, 0.25) is 11.1 Å². The van der Waals surface area contributed by atoms with Crippen LogP contribution in [0.4, 0.5) is 0 Å². The minimum Gasteiger partial charge on any atom is -0.353 e. The smallest absolute Gasteiger partial charge is 0.229 e. The van der Waals surface area contributed by atoms with E-state index in [0.29, 0.717) is 11.3 Å². The molecule has 0 saturated carbocycles. The monoisotopic (exact) mass is 312 g/mol. The van der Waals surface area contributed by atoms with E-state index in [-0.39, 0.29) is 23.6 Å². The molecular formula is C14H17ClN2O2S. The molecule has 6 heteroatoms.